The number of hydrogen-bond acceptors (Lipinski definition) is 2. The van der Waals surface area contributed by atoms with Crippen LogP contribution in [0.2, 0.25) is 0 Å². The van der Waals surface area contributed by atoms with E-state index in [0.29, 0.717) is 0 Å². The predicted molar refractivity (Wildman–Crippen MR) is 59.3 cm³/mol. The Morgan fingerprint density at radius 3 is 2.53 bits per heavy atom. The summed E-state index contributed by atoms with van der Waals surface area (Å²) < 4.78 is 0.881. The van der Waals surface area contributed by atoms with Crippen molar-refractivity contribution in [1.82, 2.24) is 4.90 Å². The van der Waals surface area contributed by atoms with E-state index in [4.69, 9.17) is 0 Å². The Bertz CT molecular complexity index is 430. The van der Waals surface area contributed by atoms with Gasteiger partial charge in [0.05, 0.1) is 5.92 Å². The van der Waals surface area contributed by atoms with Gasteiger partial charge in [-0.25, -0.2) is 0 Å². The molecule has 0 radical (unpaired) electrons. The van der Waals surface area contributed by atoms with Crippen LogP contribution in [0.15, 0.2) is 28.7 Å². The molecule has 0 aliphatic carbocycles. The monoisotopic (exact) mass is 267 g/mol. The summed E-state index contributed by atoms with van der Waals surface area (Å²) in [7, 11) is 1.53. The van der Waals surface area contributed by atoms with E-state index in [2.05, 4.69) is 15.9 Å². The van der Waals surface area contributed by atoms with Crippen LogP contribution in [0.1, 0.15) is 17.9 Å². The molecule has 15 heavy (non-hydrogen) atoms. The van der Waals surface area contributed by atoms with Gasteiger partial charge < -0.3 is 0 Å². The number of halogens is 1. The number of nitrogens with zero attached hydrogens (tertiary/aromatic N) is 1. The van der Waals surface area contributed by atoms with Crippen molar-refractivity contribution in [3.63, 3.8) is 0 Å². The molecule has 0 aromatic heterocycles. The highest BCUT2D eigenvalue weighted by Gasteiger charge is 2.37. The molecule has 0 spiro atoms. The molecule has 2 rings (SSSR count). The quantitative estimate of drug-likeness (QED) is 0.730. The summed E-state index contributed by atoms with van der Waals surface area (Å²) in [5.41, 5.74) is 0.889. The molecule has 1 fully saturated rings. The van der Waals surface area contributed by atoms with E-state index in [-0.39, 0.29) is 24.2 Å². The molecule has 3 nitrogen and oxygen atoms in total. The van der Waals surface area contributed by atoms with Gasteiger partial charge in [0, 0.05) is 17.9 Å². The molecule has 0 bridgehead atoms. The lowest BCUT2D eigenvalue weighted by Gasteiger charge is -2.10. The Morgan fingerprint density at radius 1 is 1.33 bits per heavy atom. The highest BCUT2D eigenvalue weighted by atomic mass is 79.9. The van der Waals surface area contributed by atoms with Crippen LogP contribution in [0, 0.1) is 0 Å². The summed E-state index contributed by atoms with van der Waals surface area (Å²) in [5, 5.41) is 0. The fraction of sp³-hybridized carbons (Fsp3) is 0.273. The first-order valence-electron chi connectivity index (χ1n) is 4.66. The van der Waals surface area contributed by atoms with Gasteiger partial charge in [-0.05, 0) is 11.6 Å². The number of imide groups is 1. The lowest BCUT2D eigenvalue weighted by Crippen LogP contribution is -2.25. The SMILES string of the molecule is CN1C(=O)CC(c2ccccc2Br)C1=O. The summed E-state index contributed by atoms with van der Waals surface area (Å²) in [5.74, 6) is -0.550. The fourth-order valence-electron chi connectivity index (χ4n) is 1.76. The van der Waals surface area contributed by atoms with E-state index in [9.17, 15) is 9.59 Å². The maximum absolute atomic E-state index is 11.8. The smallest absolute Gasteiger partial charge is 0.237 e. The third-order valence-electron chi connectivity index (χ3n) is 2.66. The molecule has 4 heteroatoms. The molecule has 78 valence electrons. The molecular weight excluding hydrogens is 258 g/mol. The molecular formula is C11H10BrNO2. The van der Waals surface area contributed by atoms with Gasteiger partial charge in [-0.3, -0.25) is 14.5 Å². The molecule has 1 aromatic carbocycles. The van der Waals surface area contributed by atoms with E-state index in [0.717, 1.165) is 10.0 Å². The van der Waals surface area contributed by atoms with Crippen molar-refractivity contribution >= 4 is 27.7 Å². The summed E-state index contributed by atoms with van der Waals surface area (Å²) in [6, 6.07) is 7.51. The molecule has 1 saturated heterocycles. The molecule has 1 aliphatic heterocycles. The maximum atomic E-state index is 11.8. The number of likely N-dealkylation sites (N-methyl/N-ethyl adjacent to an activating group) is 1. The Hall–Kier alpha value is -1.16. The third kappa shape index (κ3) is 1.69. The summed E-state index contributed by atoms with van der Waals surface area (Å²) in [6.07, 6.45) is 0.276. The van der Waals surface area contributed by atoms with Gasteiger partial charge >= 0.3 is 0 Å². The first-order chi connectivity index (χ1) is 7.11. The number of carbonyl (C=O) groups is 2. The minimum atomic E-state index is -0.321. The lowest BCUT2D eigenvalue weighted by molar-refractivity contribution is -0.137. The van der Waals surface area contributed by atoms with Gasteiger partial charge in [0.25, 0.3) is 0 Å². The second-order valence-corrected chi connectivity index (χ2v) is 4.42. The largest absolute Gasteiger partial charge is 0.285 e. The average Bonchev–Trinajstić information content (AvgIpc) is 2.47. The number of rotatable bonds is 1. The maximum Gasteiger partial charge on any atom is 0.237 e. The van der Waals surface area contributed by atoms with E-state index in [1.807, 2.05) is 24.3 Å². The second kappa shape index (κ2) is 3.77. The Kier molecular flexibility index (Phi) is 2.61. The zero-order valence-corrected chi connectivity index (χ0v) is 9.82. The van der Waals surface area contributed by atoms with Gasteiger partial charge in [-0.2, -0.15) is 0 Å². The first-order valence-corrected chi connectivity index (χ1v) is 5.45. The van der Waals surface area contributed by atoms with E-state index >= 15 is 0 Å². The Morgan fingerprint density at radius 2 is 2.00 bits per heavy atom. The van der Waals surface area contributed by atoms with Crippen LogP contribution in [0.4, 0.5) is 0 Å². The molecule has 1 heterocycles. The molecule has 0 saturated carbocycles. The van der Waals surface area contributed by atoms with Gasteiger partial charge in [-0.1, -0.05) is 34.1 Å². The van der Waals surface area contributed by atoms with Gasteiger partial charge in [-0.15, -0.1) is 0 Å². The molecule has 1 aliphatic rings. The average molecular weight is 268 g/mol. The van der Waals surface area contributed by atoms with Gasteiger partial charge in [0.2, 0.25) is 11.8 Å². The van der Waals surface area contributed by atoms with E-state index < -0.39 is 0 Å². The van der Waals surface area contributed by atoms with Crippen LogP contribution in [0.25, 0.3) is 0 Å². The highest BCUT2D eigenvalue weighted by molar-refractivity contribution is 9.10. The van der Waals surface area contributed by atoms with Crippen LogP contribution in [0.5, 0.6) is 0 Å². The van der Waals surface area contributed by atoms with Crippen LogP contribution in [-0.4, -0.2) is 23.8 Å². The number of likely N-dealkylation sites (tertiary alicyclic amines) is 1. The zero-order valence-electron chi connectivity index (χ0n) is 8.24. The molecule has 1 atom stereocenters. The topological polar surface area (TPSA) is 37.4 Å². The number of amides is 2. The lowest BCUT2D eigenvalue weighted by atomic mass is 9.98. The minimum absolute atomic E-state index is 0.110. The summed E-state index contributed by atoms with van der Waals surface area (Å²) in [6.45, 7) is 0. The standard InChI is InChI=1S/C11H10BrNO2/c1-13-10(14)6-8(11(13)15)7-4-2-3-5-9(7)12/h2-5,8H,6H2,1H3. The van der Waals surface area contributed by atoms with Crippen LogP contribution >= 0.6 is 15.9 Å². The van der Waals surface area contributed by atoms with Crippen molar-refractivity contribution in [1.29, 1.82) is 0 Å². The van der Waals surface area contributed by atoms with Gasteiger partial charge in [0.1, 0.15) is 0 Å². The van der Waals surface area contributed by atoms with Crippen molar-refractivity contribution < 1.29 is 9.59 Å². The summed E-state index contributed by atoms with van der Waals surface area (Å²) >= 11 is 3.39. The van der Waals surface area contributed by atoms with Crippen LogP contribution < -0.4 is 0 Å². The minimum Gasteiger partial charge on any atom is -0.285 e. The molecule has 2 amide bonds. The van der Waals surface area contributed by atoms with Crippen molar-refractivity contribution in [3.8, 4) is 0 Å². The predicted octanol–water partition coefficient (Wildman–Crippen LogP) is 1.92. The number of hydrogen-bond donors (Lipinski definition) is 0. The summed E-state index contributed by atoms with van der Waals surface area (Å²) in [4.78, 5) is 24.3. The second-order valence-electron chi connectivity index (χ2n) is 3.57. The van der Waals surface area contributed by atoms with E-state index in [1.54, 1.807) is 0 Å². The Labute approximate surface area is 96.2 Å². The Balaban J connectivity index is 2.38. The van der Waals surface area contributed by atoms with Crippen molar-refractivity contribution in [2.45, 2.75) is 12.3 Å². The zero-order chi connectivity index (χ0) is 11.0. The third-order valence-corrected chi connectivity index (χ3v) is 3.38. The molecule has 1 aromatic rings. The number of carbonyl (C=O) groups excluding carboxylic acids is 2. The molecule has 0 N–H and O–H groups in total. The van der Waals surface area contributed by atoms with Crippen molar-refractivity contribution in [2.75, 3.05) is 7.05 Å². The number of benzene rings is 1. The first kappa shape index (κ1) is 10.4. The van der Waals surface area contributed by atoms with Crippen LogP contribution in [-0.2, 0) is 9.59 Å². The fourth-order valence-corrected chi connectivity index (χ4v) is 2.32. The normalized spacial score (nSPS) is 21.2. The van der Waals surface area contributed by atoms with Crippen molar-refractivity contribution in [2.24, 2.45) is 0 Å². The van der Waals surface area contributed by atoms with Gasteiger partial charge in [0.15, 0.2) is 0 Å². The highest BCUT2D eigenvalue weighted by Crippen LogP contribution is 2.32. The van der Waals surface area contributed by atoms with Crippen LogP contribution in [0.3, 0.4) is 0 Å². The van der Waals surface area contributed by atoms with E-state index in [1.165, 1.54) is 11.9 Å². The van der Waals surface area contributed by atoms with Crippen molar-refractivity contribution in [3.05, 3.63) is 34.3 Å². The molecule has 1 unspecified atom stereocenters.